The molecule has 0 amide bonds. The number of hydrogen-bond acceptors (Lipinski definition) is 2. The molecule has 2 nitrogen and oxygen atoms in total. The van der Waals surface area contributed by atoms with Gasteiger partial charge in [0, 0.05) is 17.4 Å². The zero-order chi connectivity index (χ0) is 13.3. The van der Waals surface area contributed by atoms with E-state index in [2.05, 4.69) is 13.8 Å². The second-order valence-corrected chi connectivity index (χ2v) is 5.62. The highest BCUT2D eigenvalue weighted by Crippen LogP contribution is 2.46. The van der Waals surface area contributed by atoms with Crippen LogP contribution in [0.3, 0.4) is 0 Å². The van der Waals surface area contributed by atoms with Gasteiger partial charge in [-0.2, -0.15) is 0 Å². The molecule has 0 radical (unpaired) electrons. The number of carbonyl (C=O) groups is 2. The highest BCUT2D eigenvalue weighted by molar-refractivity contribution is 6.01. The molecule has 96 valence electrons. The third-order valence-electron chi connectivity index (χ3n) is 4.16. The van der Waals surface area contributed by atoms with Crippen molar-refractivity contribution in [3.05, 3.63) is 35.9 Å². The van der Waals surface area contributed by atoms with Crippen molar-refractivity contribution < 1.29 is 9.59 Å². The maximum atomic E-state index is 12.5. The quantitative estimate of drug-likeness (QED) is 0.761. The fraction of sp³-hybridized carbons (Fsp3) is 0.500. The van der Waals surface area contributed by atoms with Crippen molar-refractivity contribution in [2.75, 3.05) is 0 Å². The van der Waals surface area contributed by atoms with Crippen LogP contribution >= 0.6 is 0 Å². The third-order valence-corrected chi connectivity index (χ3v) is 4.16. The number of Topliss-reactive ketones (excluding diaryl/α,β-unsaturated/α-hetero) is 2. The predicted octanol–water partition coefficient (Wildman–Crippen LogP) is 3.37. The number of carbonyl (C=O) groups excluding carboxylic acids is 2. The molecule has 1 aromatic rings. The highest BCUT2D eigenvalue weighted by Gasteiger charge is 2.48. The molecule has 0 aromatic heterocycles. The Labute approximate surface area is 108 Å². The van der Waals surface area contributed by atoms with Gasteiger partial charge in [0.25, 0.3) is 0 Å². The predicted molar refractivity (Wildman–Crippen MR) is 71.4 cm³/mol. The Bertz CT molecular complexity index is 447. The first-order chi connectivity index (χ1) is 8.52. The molecule has 18 heavy (non-hydrogen) atoms. The molecule has 0 aliphatic heterocycles. The Morgan fingerprint density at radius 2 is 1.78 bits per heavy atom. The van der Waals surface area contributed by atoms with Gasteiger partial charge in [-0.15, -0.1) is 0 Å². The van der Waals surface area contributed by atoms with Crippen molar-refractivity contribution >= 4 is 11.6 Å². The molecule has 3 atom stereocenters. The van der Waals surface area contributed by atoms with Crippen molar-refractivity contribution in [1.29, 1.82) is 0 Å². The standard InChI is InChI=1S/C16H20O2/c1-10(2)13-9-14(11(3)17)15(13)16(18)12-7-5-4-6-8-12/h4-8,10,13-15H,9H2,1-3H3/t13-,14+,15-/m1/s1. The molecular weight excluding hydrogens is 224 g/mol. The van der Waals surface area contributed by atoms with Gasteiger partial charge in [-0.1, -0.05) is 44.2 Å². The van der Waals surface area contributed by atoms with Crippen LogP contribution in [-0.4, -0.2) is 11.6 Å². The third kappa shape index (κ3) is 2.24. The Morgan fingerprint density at radius 3 is 2.28 bits per heavy atom. The van der Waals surface area contributed by atoms with Gasteiger partial charge in [0.2, 0.25) is 0 Å². The minimum Gasteiger partial charge on any atom is -0.300 e. The molecule has 0 saturated heterocycles. The minimum atomic E-state index is -0.107. The van der Waals surface area contributed by atoms with Gasteiger partial charge in [-0.3, -0.25) is 9.59 Å². The first-order valence-electron chi connectivity index (χ1n) is 6.62. The van der Waals surface area contributed by atoms with Gasteiger partial charge in [0.05, 0.1) is 0 Å². The number of rotatable bonds is 4. The van der Waals surface area contributed by atoms with Crippen LogP contribution in [0.4, 0.5) is 0 Å². The van der Waals surface area contributed by atoms with Gasteiger partial charge >= 0.3 is 0 Å². The van der Waals surface area contributed by atoms with Crippen molar-refractivity contribution in [2.24, 2.45) is 23.7 Å². The summed E-state index contributed by atoms with van der Waals surface area (Å²) in [6.45, 7) is 5.87. The molecule has 1 fully saturated rings. The van der Waals surface area contributed by atoms with Crippen molar-refractivity contribution in [3.8, 4) is 0 Å². The average molecular weight is 244 g/mol. The zero-order valence-corrected chi connectivity index (χ0v) is 11.2. The van der Waals surface area contributed by atoms with Crippen LogP contribution in [0.1, 0.15) is 37.6 Å². The number of hydrogen-bond donors (Lipinski definition) is 0. The fourth-order valence-corrected chi connectivity index (χ4v) is 2.97. The molecule has 0 bridgehead atoms. The van der Waals surface area contributed by atoms with E-state index in [0.717, 1.165) is 12.0 Å². The van der Waals surface area contributed by atoms with Crippen molar-refractivity contribution in [3.63, 3.8) is 0 Å². The molecule has 2 heteroatoms. The lowest BCUT2D eigenvalue weighted by molar-refractivity contribution is -0.128. The topological polar surface area (TPSA) is 34.1 Å². The van der Waals surface area contributed by atoms with E-state index in [9.17, 15) is 9.59 Å². The summed E-state index contributed by atoms with van der Waals surface area (Å²) in [5, 5.41) is 0. The average Bonchev–Trinajstić information content (AvgIpc) is 2.27. The molecule has 1 aliphatic rings. The molecule has 1 aliphatic carbocycles. The summed E-state index contributed by atoms with van der Waals surface area (Å²) in [5.74, 6) is 0.932. The molecular formula is C16H20O2. The Balaban J connectivity index is 2.23. The molecule has 0 unspecified atom stereocenters. The summed E-state index contributed by atoms with van der Waals surface area (Å²) in [5.41, 5.74) is 0.735. The second-order valence-electron chi connectivity index (χ2n) is 5.62. The van der Waals surface area contributed by atoms with E-state index in [1.807, 2.05) is 30.3 Å². The van der Waals surface area contributed by atoms with E-state index < -0.39 is 0 Å². The van der Waals surface area contributed by atoms with Crippen molar-refractivity contribution in [2.45, 2.75) is 27.2 Å². The molecule has 2 rings (SSSR count). The summed E-state index contributed by atoms with van der Waals surface area (Å²) in [4.78, 5) is 24.1. The summed E-state index contributed by atoms with van der Waals surface area (Å²) in [7, 11) is 0. The van der Waals surface area contributed by atoms with Gasteiger partial charge in [0.15, 0.2) is 5.78 Å². The van der Waals surface area contributed by atoms with E-state index in [0.29, 0.717) is 11.8 Å². The van der Waals surface area contributed by atoms with E-state index in [4.69, 9.17) is 0 Å². The van der Waals surface area contributed by atoms with Crippen LogP contribution in [0, 0.1) is 23.7 Å². The van der Waals surface area contributed by atoms with Crippen LogP contribution in [0.15, 0.2) is 30.3 Å². The van der Waals surface area contributed by atoms with Gasteiger partial charge in [-0.05, 0) is 25.2 Å². The van der Waals surface area contributed by atoms with Crippen LogP contribution in [0.5, 0.6) is 0 Å². The van der Waals surface area contributed by atoms with E-state index in [-0.39, 0.29) is 23.4 Å². The summed E-state index contributed by atoms with van der Waals surface area (Å²) < 4.78 is 0. The fourth-order valence-electron chi connectivity index (χ4n) is 2.97. The summed E-state index contributed by atoms with van der Waals surface area (Å²) in [6.07, 6.45) is 0.871. The van der Waals surface area contributed by atoms with Gasteiger partial charge < -0.3 is 0 Å². The van der Waals surface area contributed by atoms with E-state index >= 15 is 0 Å². The minimum absolute atomic E-state index is 0.0647. The van der Waals surface area contributed by atoms with Gasteiger partial charge in [0.1, 0.15) is 5.78 Å². The Kier molecular flexibility index (Phi) is 3.65. The lowest BCUT2D eigenvalue weighted by Crippen LogP contribution is -2.47. The SMILES string of the molecule is CC(=O)[C@@H]1C[C@H](C(C)C)[C@H]1C(=O)c1ccccc1. The summed E-state index contributed by atoms with van der Waals surface area (Å²) >= 11 is 0. The first-order valence-corrected chi connectivity index (χ1v) is 6.62. The first kappa shape index (κ1) is 13.0. The summed E-state index contributed by atoms with van der Waals surface area (Å²) in [6, 6.07) is 9.34. The Morgan fingerprint density at radius 1 is 1.17 bits per heavy atom. The zero-order valence-electron chi connectivity index (χ0n) is 11.2. The molecule has 0 N–H and O–H groups in total. The molecule has 0 heterocycles. The van der Waals surface area contributed by atoms with E-state index in [1.54, 1.807) is 6.92 Å². The van der Waals surface area contributed by atoms with Crippen LogP contribution in [0.25, 0.3) is 0 Å². The van der Waals surface area contributed by atoms with Gasteiger partial charge in [-0.25, -0.2) is 0 Å². The lowest BCUT2D eigenvalue weighted by Gasteiger charge is -2.45. The van der Waals surface area contributed by atoms with Crippen molar-refractivity contribution in [1.82, 2.24) is 0 Å². The largest absolute Gasteiger partial charge is 0.300 e. The second kappa shape index (κ2) is 5.05. The maximum Gasteiger partial charge on any atom is 0.166 e. The highest BCUT2D eigenvalue weighted by atomic mass is 16.1. The van der Waals surface area contributed by atoms with Crippen LogP contribution in [0.2, 0.25) is 0 Å². The maximum absolute atomic E-state index is 12.5. The Hall–Kier alpha value is -1.44. The number of benzene rings is 1. The normalized spacial score (nSPS) is 26.8. The van der Waals surface area contributed by atoms with Crippen LogP contribution in [-0.2, 0) is 4.79 Å². The molecule has 1 saturated carbocycles. The smallest absolute Gasteiger partial charge is 0.166 e. The lowest BCUT2D eigenvalue weighted by atomic mass is 9.57. The molecule has 0 spiro atoms. The molecule has 1 aromatic carbocycles. The number of ketones is 2. The van der Waals surface area contributed by atoms with Crippen LogP contribution < -0.4 is 0 Å². The van der Waals surface area contributed by atoms with E-state index in [1.165, 1.54) is 0 Å². The monoisotopic (exact) mass is 244 g/mol.